The Labute approximate surface area is 91.9 Å². The van der Waals surface area contributed by atoms with Crippen LogP contribution in [-0.4, -0.2) is 13.3 Å². The van der Waals surface area contributed by atoms with Gasteiger partial charge in [0.25, 0.3) is 15.7 Å². The third kappa shape index (κ3) is 3.13. The van der Waals surface area contributed by atoms with Crippen LogP contribution in [0.2, 0.25) is 0 Å². The van der Waals surface area contributed by atoms with Crippen molar-refractivity contribution in [1.82, 2.24) is 4.83 Å². The van der Waals surface area contributed by atoms with Crippen LogP contribution in [0.15, 0.2) is 29.2 Å². The van der Waals surface area contributed by atoms with E-state index in [0.717, 1.165) is 6.07 Å². The number of sulfonamides is 1. The summed E-state index contributed by atoms with van der Waals surface area (Å²) in [6, 6.07) is 4.59. The highest BCUT2D eigenvalue weighted by Crippen LogP contribution is 2.16. The maximum atomic E-state index is 11.1. The number of hydrazine groups is 1. The first kappa shape index (κ1) is 13.8. The van der Waals surface area contributed by atoms with Gasteiger partial charge in [-0.25, -0.2) is 8.42 Å². The fraction of sp³-hybridized carbons (Fsp3) is 0. The van der Waals surface area contributed by atoms with Crippen molar-refractivity contribution >= 4 is 28.1 Å². The van der Waals surface area contributed by atoms with Crippen molar-refractivity contribution in [2.75, 3.05) is 0 Å². The van der Waals surface area contributed by atoms with E-state index in [1.54, 1.807) is 4.83 Å². The number of nitrogens with zero attached hydrogens (tertiary/aromatic N) is 1. The lowest BCUT2D eigenvalue weighted by Gasteiger charge is -2.00. The predicted octanol–water partition coefficient (Wildman–Crippen LogP) is 0.169. The summed E-state index contributed by atoms with van der Waals surface area (Å²) >= 11 is 0. The number of nitrogens with two attached hydrogens (primary N) is 1. The third-order valence-electron chi connectivity index (χ3n) is 1.49. The van der Waals surface area contributed by atoms with Crippen molar-refractivity contribution in [2.24, 2.45) is 5.84 Å². The van der Waals surface area contributed by atoms with Crippen LogP contribution in [-0.2, 0) is 10.0 Å². The van der Waals surface area contributed by atoms with E-state index in [0.29, 0.717) is 0 Å². The van der Waals surface area contributed by atoms with Crippen LogP contribution in [0.25, 0.3) is 0 Å². The second-order valence-corrected chi connectivity index (χ2v) is 4.09. The second kappa shape index (κ2) is 5.03. The highest BCUT2D eigenvalue weighted by Gasteiger charge is 2.15. The average Bonchev–Trinajstić information content (AvgIpc) is 2.18. The minimum atomic E-state index is -3.83. The van der Waals surface area contributed by atoms with Crippen molar-refractivity contribution in [3.63, 3.8) is 0 Å². The molecular weight excluding hydrogens is 246 g/mol. The maximum Gasteiger partial charge on any atom is 0.270 e. The Morgan fingerprint density at radius 3 is 2.47 bits per heavy atom. The SMILES string of the molecule is Cl.NNS(=O)(=O)c1cccc([N+](=O)[O-])c1. The van der Waals surface area contributed by atoms with Gasteiger partial charge >= 0.3 is 0 Å². The number of halogens is 1. The van der Waals surface area contributed by atoms with Crippen molar-refractivity contribution in [3.8, 4) is 0 Å². The predicted molar refractivity (Wildman–Crippen MR) is 54.9 cm³/mol. The van der Waals surface area contributed by atoms with E-state index in [1.165, 1.54) is 18.2 Å². The summed E-state index contributed by atoms with van der Waals surface area (Å²) in [4.78, 5) is 11.0. The molecule has 84 valence electrons. The fourth-order valence-electron chi connectivity index (χ4n) is 0.832. The zero-order chi connectivity index (χ0) is 10.8. The minimum absolute atomic E-state index is 0. The highest BCUT2D eigenvalue weighted by atomic mass is 35.5. The summed E-state index contributed by atoms with van der Waals surface area (Å²) < 4.78 is 22.2. The molecule has 0 atom stereocenters. The van der Waals surface area contributed by atoms with Gasteiger partial charge in [0.15, 0.2) is 0 Å². The third-order valence-corrected chi connectivity index (χ3v) is 2.68. The number of hydrogen-bond donors (Lipinski definition) is 2. The van der Waals surface area contributed by atoms with Gasteiger partial charge in [0, 0.05) is 12.1 Å². The molecule has 1 rings (SSSR count). The first-order chi connectivity index (χ1) is 6.47. The van der Waals surface area contributed by atoms with Gasteiger partial charge in [-0.1, -0.05) is 6.07 Å². The summed E-state index contributed by atoms with van der Waals surface area (Å²) in [6.07, 6.45) is 0. The molecule has 0 aliphatic carbocycles. The molecule has 9 heteroatoms. The Morgan fingerprint density at radius 2 is 2.00 bits per heavy atom. The molecule has 0 radical (unpaired) electrons. The minimum Gasteiger partial charge on any atom is -0.258 e. The zero-order valence-corrected chi connectivity index (χ0v) is 8.92. The molecule has 0 saturated carbocycles. The molecular formula is C6H8ClN3O4S. The van der Waals surface area contributed by atoms with Gasteiger partial charge in [0.1, 0.15) is 0 Å². The van der Waals surface area contributed by atoms with Crippen LogP contribution >= 0.6 is 12.4 Å². The molecule has 0 saturated heterocycles. The molecule has 0 amide bonds. The molecule has 1 aromatic rings. The van der Waals surface area contributed by atoms with Crippen LogP contribution in [0.5, 0.6) is 0 Å². The molecule has 15 heavy (non-hydrogen) atoms. The molecule has 0 unspecified atom stereocenters. The first-order valence-electron chi connectivity index (χ1n) is 3.44. The Bertz CT molecular complexity index is 461. The number of non-ortho nitro benzene ring substituents is 1. The summed E-state index contributed by atoms with van der Waals surface area (Å²) in [5, 5.41) is 10.3. The average molecular weight is 254 g/mol. The van der Waals surface area contributed by atoms with Gasteiger partial charge in [-0.15, -0.1) is 12.4 Å². The molecule has 3 N–H and O–H groups in total. The lowest BCUT2D eigenvalue weighted by molar-refractivity contribution is -0.385. The number of hydrogen-bond acceptors (Lipinski definition) is 5. The molecule has 0 aromatic heterocycles. The van der Waals surface area contributed by atoms with Crippen LogP contribution in [0.4, 0.5) is 5.69 Å². The summed E-state index contributed by atoms with van der Waals surface area (Å²) in [5.41, 5.74) is -0.304. The molecule has 0 aliphatic rings. The Balaban J connectivity index is 0.00000196. The molecule has 0 aliphatic heterocycles. The van der Waals surface area contributed by atoms with E-state index >= 15 is 0 Å². The molecule has 0 heterocycles. The normalized spacial score (nSPS) is 10.5. The van der Waals surface area contributed by atoms with E-state index < -0.39 is 14.9 Å². The fourth-order valence-corrected chi connectivity index (χ4v) is 1.50. The summed E-state index contributed by atoms with van der Waals surface area (Å²) in [5.74, 6) is 4.76. The van der Waals surface area contributed by atoms with Gasteiger partial charge in [0.05, 0.1) is 9.82 Å². The van der Waals surface area contributed by atoms with Gasteiger partial charge in [-0.05, 0) is 6.07 Å². The van der Waals surface area contributed by atoms with E-state index in [1.807, 2.05) is 0 Å². The Kier molecular flexibility index (Phi) is 4.62. The van der Waals surface area contributed by atoms with Crippen molar-refractivity contribution in [2.45, 2.75) is 4.90 Å². The van der Waals surface area contributed by atoms with Crippen molar-refractivity contribution in [3.05, 3.63) is 34.4 Å². The van der Waals surface area contributed by atoms with Gasteiger partial charge in [-0.2, -0.15) is 4.83 Å². The van der Waals surface area contributed by atoms with Gasteiger partial charge in [-0.3, -0.25) is 16.0 Å². The zero-order valence-electron chi connectivity index (χ0n) is 7.28. The Morgan fingerprint density at radius 1 is 1.40 bits per heavy atom. The molecule has 0 bridgehead atoms. The van der Waals surface area contributed by atoms with Crippen LogP contribution in [0.1, 0.15) is 0 Å². The smallest absolute Gasteiger partial charge is 0.258 e. The van der Waals surface area contributed by atoms with Gasteiger partial charge < -0.3 is 0 Å². The van der Waals surface area contributed by atoms with E-state index in [9.17, 15) is 18.5 Å². The van der Waals surface area contributed by atoms with Gasteiger partial charge in [0.2, 0.25) is 0 Å². The molecule has 1 aromatic carbocycles. The Hall–Kier alpha value is -1.22. The number of rotatable bonds is 3. The number of benzene rings is 1. The lowest BCUT2D eigenvalue weighted by Crippen LogP contribution is -2.30. The molecule has 7 nitrogen and oxygen atoms in total. The van der Waals surface area contributed by atoms with E-state index in [4.69, 9.17) is 5.84 Å². The standard InChI is InChI=1S/C6H7N3O4S.ClH/c7-8-14(12,13)6-3-1-2-5(4-6)9(10)11;/h1-4,8H,7H2;1H. The lowest BCUT2D eigenvalue weighted by atomic mass is 10.3. The monoisotopic (exact) mass is 253 g/mol. The molecule has 0 spiro atoms. The van der Waals surface area contributed by atoms with Crippen molar-refractivity contribution < 1.29 is 13.3 Å². The van der Waals surface area contributed by atoms with E-state index in [2.05, 4.69) is 0 Å². The van der Waals surface area contributed by atoms with E-state index in [-0.39, 0.29) is 23.0 Å². The summed E-state index contributed by atoms with van der Waals surface area (Å²) in [7, 11) is -3.83. The van der Waals surface area contributed by atoms with Crippen molar-refractivity contribution in [1.29, 1.82) is 0 Å². The highest BCUT2D eigenvalue weighted by molar-refractivity contribution is 7.89. The first-order valence-corrected chi connectivity index (χ1v) is 4.92. The molecule has 0 fully saturated rings. The quantitative estimate of drug-likeness (QED) is 0.453. The van der Waals surface area contributed by atoms with Crippen LogP contribution in [0.3, 0.4) is 0 Å². The van der Waals surface area contributed by atoms with Crippen LogP contribution < -0.4 is 10.7 Å². The van der Waals surface area contributed by atoms with Crippen LogP contribution in [0, 0.1) is 10.1 Å². The summed E-state index contributed by atoms with van der Waals surface area (Å²) in [6.45, 7) is 0. The topological polar surface area (TPSA) is 115 Å². The second-order valence-electron chi connectivity index (χ2n) is 2.38. The number of nitro groups is 1. The maximum absolute atomic E-state index is 11.1. The number of nitro benzene ring substituents is 1. The number of nitrogens with one attached hydrogen (secondary N) is 1. The largest absolute Gasteiger partial charge is 0.270 e.